The fourth-order valence-electron chi connectivity index (χ4n) is 4.73. The smallest absolute Gasteiger partial charge is 0.325 e. The Balaban J connectivity index is 1.95. The summed E-state index contributed by atoms with van der Waals surface area (Å²) in [5, 5.41) is 3.33. The molecule has 0 spiro atoms. The molecule has 1 aliphatic carbocycles. The first-order valence-corrected chi connectivity index (χ1v) is 14.9. The third kappa shape index (κ3) is 5.60. The highest BCUT2D eigenvalue weighted by Gasteiger charge is 2.49. The van der Waals surface area contributed by atoms with Crippen LogP contribution < -0.4 is 5.32 Å². The summed E-state index contributed by atoms with van der Waals surface area (Å²) in [5.74, 6) is -0.858. The van der Waals surface area contributed by atoms with Crippen LogP contribution in [0.25, 0.3) is 11.1 Å². The van der Waals surface area contributed by atoms with Crippen molar-refractivity contribution < 1.29 is 34.7 Å². The topological polar surface area (TPSA) is 125 Å². The molecular formula is C26H27NO8S2. The van der Waals surface area contributed by atoms with Gasteiger partial charge in [-0.1, -0.05) is 78.9 Å². The van der Waals surface area contributed by atoms with E-state index in [4.69, 9.17) is 13.1 Å². The number of rotatable bonds is 10. The molecule has 2 atom stereocenters. The second kappa shape index (κ2) is 10.3. The lowest BCUT2D eigenvalue weighted by Crippen LogP contribution is -2.58. The summed E-state index contributed by atoms with van der Waals surface area (Å²) in [6.07, 6.45) is 0.0553. The van der Waals surface area contributed by atoms with Crippen LogP contribution in [0.4, 0.5) is 0 Å². The summed E-state index contributed by atoms with van der Waals surface area (Å²) in [5.41, 5.74) is 3.11. The van der Waals surface area contributed by atoms with Crippen molar-refractivity contribution in [2.45, 2.75) is 17.7 Å². The van der Waals surface area contributed by atoms with E-state index >= 15 is 0 Å². The molecule has 0 aliphatic heterocycles. The van der Waals surface area contributed by atoms with E-state index in [0.717, 1.165) is 47.4 Å². The van der Waals surface area contributed by atoms with Gasteiger partial charge in [0.05, 0.1) is 31.8 Å². The number of benzene rings is 3. The van der Waals surface area contributed by atoms with Gasteiger partial charge in [-0.2, -0.15) is 16.8 Å². The van der Waals surface area contributed by atoms with Gasteiger partial charge in [0.15, 0.2) is 0 Å². The molecule has 0 heterocycles. The lowest BCUT2D eigenvalue weighted by Gasteiger charge is -2.38. The van der Waals surface area contributed by atoms with Gasteiger partial charge in [0.1, 0.15) is 12.1 Å². The van der Waals surface area contributed by atoms with Crippen molar-refractivity contribution in [1.82, 2.24) is 5.32 Å². The SMILES string of the molecule is COC(=O)[C@@H](NC1(c2ccccc2)c2ccccc2-c2ccccc21)[C@H](COS(C)(=O)=O)OS(C)(=O)=O. The molecule has 0 aromatic heterocycles. The van der Waals surface area contributed by atoms with Crippen molar-refractivity contribution in [3.8, 4) is 11.1 Å². The van der Waals surface area contributed by atoms with Crippen molar-refractivity contribution >= 4 is 26.2 Å². The summed E-state index contributed by atoms with van der Waals surface area (Å²) < 4.78 is 62.9. The van der Waals surface area contributed by atoms with Gasteiger partial charge in [-0.15, -0.1) is 0 Å². The van der Waals surface area contributed by atoms with E-state index in [1.165, 1.54) is 0 Å². The number of methoxy groups -OCH3 is 1. The van der Waals surface area contributed by atoms with Crippen LogP contribution in [0.5, 0.6) is 0 Å². The zero-order chi connectivity index (χ0) is 26.8. The fourth-order valence-corrected chi connectivity index (χ4v) is 5.73. The maximum atomic E-state index is 13.2. The summed E-state index contributed by atoms with van der Waals surface area (Å²) >= 11 is 0. The van der Waals surface area contributed by atoms with E-state index in [2.05, 4.69) is 5.32 Å². The van der Waals surface area contributed by atoms with Gasteiger partial charge in [0.2, 0.25) is 0 Å². The first-order chi connectivity index (χ1) is 17.5. The molecule has 0 unspecified atom stereocenters. The van der Waals surface area contributed by atoms with Crippen LogP contribution >= 0.6 is 0 Å². The van der Waals surface area contributed by atoms with Crippen LogP contribution in [0.1, 0.15) is 16.7 Å². The summed E-state index contributed by atoms with van der Waals surface area (Å²) in [6.45, 7) is -0.743. The van der Waals surface area contributed by atoms with Crippen molar-refractivity contribution in [2.24, 2.45) is 0 Å². The predicted molar refractivity (Wildman–Crippen MR) is 138 cm³/mol. The molecule has 0 saturated heterocycles. The van der Waals surface area contributed by atoms with E-state index in [1.54, 1.807) is 0 Å². The van der Waals surface area contributed by atoms with Crippen molar-refractivity contribution in [2.75, 3.05) is 26.2 Å². The zero-order valence-corrected chi connectivity index (χ0v) is 22.1. The minimum atomic E-state index is -4.14. The second-order valence-corrected chi connectivity index (χ2v) is 11.9. The van der Waals surface area contributed by atoms with Crippen LogP contribution in [0.2, 0.25) is 0 Å². The third-order valence-electron chi connectivity index (χ3n) is 6.10. The number of carbonyl (C=O) groups is 1. The summed E-state index contributed by atoms with van der Waals surface area (Å²) in [4.78, 5) is 13.2. The molecule has 4 rings (SSSR count). The Labute approximate surface area is 216 Å². The Morgan fingerprint density at radius 1 is 0.811 bits per heavy atom. The molecule has 0 amide bonds. The van der Waals surface area contributed by atoms with Gasteiger partial charge in [0.25, 0.3) is 20.2 Å². The standard InChI is InChI=1S/C26H27NO8S2/c1-33-25(28)24(23(35-37(3,31)32)17-34-36(2,29)30)27-26(18-11-5-4-6-12-18)21-15-9-7-13-19(21)20-14-8-10-16-22(20)26/h4-16,23-24,27H,17H2,1-3H3/t23-,24-/m0/s1. The molecule has 37 heavy (non-hydrogen) atoms. The fraction of sp³-hybridized carbons (Fsp3) is 0.269. The van der Waals surface area contributed by atoms with Gasteiger partial charge < -0.3 is 4.74 Å². The molecule has 3 aromatic carbocycles. The van der Waals surface area contributed by atoms with E-state index in [0.29, 0.717) is 0 Å². The number of fused-ring (bicyclic) bond motifs is 3. The van der Waals surface area contributed by atoms with Crippen molar-refractivity contribution in [1.29, 1.82) is 0 Å². The van der Waals surface area contributed by atoms with E-state index < -0.39 is 50.5 Å². The Morgan fingerprint density at radius 2 is 1.32 bits per heavy atom. The van der Waals surface area contributed by atoms with Crippen LogP contribution in [-0.2, 0) is 43.7 Å². The first kappa shape index (κ1) is 27.0. The highest BCUT2D eigenvalue weighted by atomic mass is 32.2. The number of carbonyl (C=O) groups excluding carboxylic acids is 1. The molecule has 1 N–H and O–H groups in total. The Morgan fingerprint density at radius 3 is 1.81 bits per heavy atom. The molecule has 0 radical (unpaired) electrons. The zero-order valence-electron chi connectivity index (χ0n) is 20.4. The highest BCUT2D eigenvalue weighted by molar-refractivity contribution is 7.86. The monoisotopic (exact) mass is 545 g/mol. The molecule has 196 valence electrons. The lowest BCUT2D eigenvalue weighted by atomic mass is 9.79. The van der Waals surface area contributed by atoms with Gasteiger partial charge in [-0.05, 0) is 27.8 Å². The molecule has 3 aromatic rings. The predicted octanol–water partition coefficient (Wildman–Crippen LogP) is 2.41. The number of nitrogens with one attached hydrogen (secondary N) is 1. The maximum absolute atomic E-state index is 13.2. The number of hydrogen-bond acceptors (Lipinski definition) is 9. The Hall–Kier alpha value is -3.09. The second-order valence-electron chi connectivity index (χ2n) is 8.68. The number of ether oxygens (including phenoxy) is 1. The third-order valence-corrected chi connectivity index (χ3v) is 7.26. The molecule has 1 aliphatic rings. The van der Waals surface area contributed by atoms with Crippen LogP contribution in [0.3, 0.4) is 0 Å². The average Bonchev–Trinajstić information content (AvgIpc) is 3.15. The summed E-state index contributed by atoms with van der Waals surface area (Å²) in [7, 11) is -6.98. The quantitative estimate of drug-likeness (QED) is 0.302. The van der Waals surface area contributed by atoms with Crippen LogP contribution in [0, 0.1) is 0 Å². The van der Waals surface area contributed by atoms with Crippen LogP contribution in [0.15, 0.2) is 78.9 Å². The molecular weight excluding hydrogens is 518 g/mol. The van der Waals surface area contributed by atoms with Crippen molar-refractivity contribution in [3.05, 3.63) is 95.6 Å². The minimum absolute atomic E-state index is 0.743. The molecule has 0 bridgehead atoms. The average molecular weight is 546 g/mol. The molecule has 0 saturated carbocycles. The van der Waals surface area contributed by atoms with E-state index in [9.17, 15) is 21.6 Å². The largest absolute Gasteiger partial charge is 0.468 e. The summed E-state index contributed by atoms with van der Waals surface area (Å²) in [6, 6.07) is 23.2. The Kier molecular flexibility index (Phi) is 7.54. The van der Waals surface area contributed by atoms with E-state index in [-0.39, 0.29) is 0 Å². The van der Waals surface area contributed by atoms with Gasteiger partial charge >= 0.3 is 5.97 Å². The first-order valence-electron chi connectivity index (χ1n) is 11.3. The van der Waals surface area contributed by atoms with Gasteiger partial charge in [-0.3, -0.25) is 18.5 Å². The maximum Gasteiger partial charge on any atom is 0.325 e. The Bertz CT molecular complexity index is 1460. The van der Waals surface area contributed by atoms with Gasteiger partial charge in [-0.25, -0.2) is 0 Å². The molecule has 9 nitrogen and oxygen atoms in total. The minimum Gasteiger partial charge on any atom is -0.468 e. The number of hydrogen-bond donors (Lipinski definition) is 1. The van der Waals surface area contributed by atoms with Crippen molar-refractivity contribution in [3.63, 3.8) is 0 Å². The normalized spacial score (nSPS) is 15.9. The number of esters is 1. The molecule has 11 heteroatoms. The van der Waals surface area contributed by atoms with Crippen LogP contribution in [-0.4, -0.2) is 61.2 Å². The molecule has 0 fully saturated rings. The van der Waals surface area contributed by atoms with Gasteiger partial charge in [0, 0.05) is 0 Å². The lowest BCUT2D eigenvalue weighted by molar-refractivity contribution is -0.146. The van der Waals surface area contributed by atoms with E-state index in [1.807, 2.05) is 78.9 Å². The highest BCUT2D eigenvalue weighted by Crippen LogP contribution is 2.51.